The average molecular weight is 589 g/mol. The number of alkyl halides is 1. The van der Waals surface area contributed by atoms with Gasteiger partial charge in [0, 0.05) is 40.9 Å². The number of carbonyl (C=O) groups excluding carboxylic acids is 1. The molecule has 5 rings (SSSR count). The molecular formula is C28H37FN6O3S2. The van der Waals surface area contributed by atoms with Crippen LogP contribution in [0.15, 0.2) is 41.7 Å². The molecule has 3 aromatic rings. The highest BCUT2D eigenvalue weighted by Gasteiger charge is 2.32. The molecule has 1 atom stereocenters. The van der Waals surface area contributed by atoms with E-state index in [0.717, 1.165) is 60.4 Å². The Hall–Kier alpha value is -2.99. The van der Waals surface area contributed by atoms with Crippen molar-refractivity contribution in [2.75, 3.05) is 12.0 Å². The third-order valence-electron chi connectivity index (χ3n) is 7.60. The normalized spacial score (nSPS) is 21.0. The molecule has 2 saturated carbocycles. The molecule has 2 heterocycles. The van der Waals surface area contributed by atoms with Gasteiger partial charge in [0.1, 0.15) is 6.67 Å². The fourth-order valence-electron chi connectivity index (χ4n) is 5.24. The minimum Gasteiger partial charge on any atom is -0.447 e. The topological polar surface area (TPSA) is 122 Å². The van der Waals surface area contributed by atoms with Crippen LogP contribution >= 0.6 is 11.3 Å². The van der Waals surface area contributed by atoms with Crippen LogP contribution < -0.4 is 10.6 Å². The van der Waals surface area contributed by atoms with Crippen molar-refractivity contribution in [2.24, 2.45) is 0 Å². The Balaban J connectivity index is 1.34. The third kappa shape index (κ3) is 6.49. The Morgan fingerprint density at radius 1 is 1.20 bits per heavy atom. The van der Waals surface area contributed by atoms with Crippen molar-refractivity contribution in [2.45, 2.75) is 93.5 Å². The van der Waals surface area contributed by atoms with Crippen molar-refractivity contribution in [1.82, 2.24) is 20.1 Å². The molecule has 0 spiro atoms. The summed E-state index contributed by atoms with van der Waals surface area (Å²) in [5.74, 6) is 0.301. The first kappa shape index (κ1) is 28.5. The third-order valence-corrected chi connectivity index (χ3v) is 11.2. The van der Waals surface area contributed by atoms with Gasteiger partial charge < -0.3 is 15.4 Å². The Bertz CT molecular complexity index is 1430. The summed E-state index contributed by atoms with van der Waals surface area (Å²) in [5, 5.41) is 11.3. The second kappa shape index (κ2) is 12.3. The molecule has 2 aromatic heterocycles. The second-order valence-electron chi connectivity index (χ2n) is 10.9. The molecule has 1 unspecified atom stereocenters. The highest BCUT2D eigenvalue weighted by atomic mass is 32.2. The number of benzene rings is 1. The van der Waals surface area contributed by atoms with E-state index in [2.05, 4.69) is 15.7 Å². The van der Waals surface area contributed by atoms with E-state index in [-0.39, 0.29) is 30.0 Å². The molecule has 1 amide bonds. The summed E-state index contributed by atoms with van der Waals surface area (Å²) in [7, 11) is -3.03. The number of alkyl carbamates (subject to hydrolysis) is 1. The van der Waals surface area contributed by atoms with Gasteiger partial charge in [0.05, 0.1) is 49.0 Å². The number of halogens is 1. The summed E-state index contributed by atoms with van der Waals surface area (Å²) in [6.07, 6.45) is 10.8. The van der Waals surface area contributed by atoms with Crippen LogP contribution in [0.1, 0.15) is 69.7 Å². The van der Waals surface area contributed by atoms with Gasteiger partial charge in [0.25, 0.3) is 0 Å². The Labute approximate surface area is 238 Å². The van der Waals surface area contributed by atoms with Crippen LogP contribution in [0.25, 0.3) is 10.4 Å². The van der Waals surface area contributed by atoms with Crippen LogP contribution in [-0.4, -0.2) is 49.1 Å². The largest absolute Gasteiger partial charge is 0.447 e. The molecule has 9 nitrogen and oxygen atoms in total. The van der Waals surface area contributed by atoms with Gasteiger partial charge in [-0.15, -0.1) is 11.3 Å². The number of rotatable bonds is 10. The quantitative estimate of drug-likeness (QED) is 0.238. The van der Waals surface area contributed by atoms with Gasteiger partial charge in [-0.2, -0.15) is 5.10 Å². The summed E-state index contributed by atoms with van der Waals surface area (Å²) in [6.45, 7) is 3.36. The van der Waals surface area contributed by atoms with E-state index in [1.807, 2.05) is 38.2 Å². The van der Waals surface area contributed by atoms with E-state index < -0.39 is 16.4 Å². The van der Waals surface area contributed by atoms with Crippen molar-refractivity contribution in [3.63, 3.8) is 0 Å². The van der Waals surface area contributed by atoms with Gasteiger partial charge in [-0.1, -0.05) is 12.5 Å². The number of hydrogen-bond donors (Lipinski definition) is 3. The molecule has 0 saturated heterocycles. The van der Waals surface area contributed by atoms with Gasteiger partial charge in [-0.25, -0.2) is 23.2 Å². The lowest BCUT2D eigenvalue weighted by Crippen LogP contribution is -2.38. The van der Waals surface area contributed by atoms with Crippen molar-refractivity contribution in [3.8, 4) is 10.4 Å². The summed E-state index contributed by atoms with van der Waals surface area (Å²) in [5.41, 5.74) is 2.21. The molecule has 0 bridgehead atoms. The molecule has 2 aliphatic rings. The van der Waals surface area contributed by atoms with Gasteiger partial charge >= 0.3 is 6.09 Å². The molecule has 216 valence electrons. The number of thiazole rings is 1. The fourth-order valence-corrected chi connectivity index (χ4v) is 8.59. The van der Waals surface area contributed by atoms with Crippen LogP contribution in [0.2, 0.25) is 0 Å². The molecule has 2 fully saturated rings. The highest BCUT2D eigenvalue weighted by molar-refractivity contribution is 7.93. The minimum atomic E-state index is -3.03. The number of nitrogens with zero attached hydrogens (tertiary/aromatic N) is 3. The smallest absolute Gasteiger partial charge is 0.407 e. The number of anilines is 2. The van der Waals surface area contributed by atoms with E-state index in [0.29, 0.717) is 22.2 Å². The Morgan fingerprint density at radius 3 is 2.65 bits per heavy atom. The number of carbonyl (C=O) groups is 1. The van der Waals surface area contributed by atoms with E-state index in [1.54, 1.807) is 23.7 Å². The molecule has 0 aliphatic heterocycles. The summed E-state index contributed by atoms with van der Waals surface area (Å²) >= 11 is 1.60. The van der Waals surface area contributed by atoms with Gasteiger partial charge in [-0.05, 0) is 64.5 Å². The maximum absolute atomic E-state index is 13.9. The van der Waals surface area contributed by atoms with Gasteiger partial charge in [0.15, 0.2) is 0 Å². The lowest BCUT2D eigenvalue weighted by molar-refractivity contribution is 0.109. The van der Waals surface area contributed by atoms with Crippen LogP contribution in [0.3, 0.4) is 0 Å². The van der Waals surface area contributed by atoms with Gasteiger partial charge in [0.2, 0.25) is 0 Å². The number of nitrogens with one attached hydrogen (secondary N) is 3. The number of aryl methyl sites for hydroxylation is 1. The molecule has 1 aromatic carbocycles. The first-order valence-electron chi connectivity index (χ1n) is 13.9. The first-order valence-corrected chi connectivity index (χ1v) is 16.4. The molecule has 40 heavy (non-hydrogen) atoms. The highest BCUT2D eigenvalue weighted by Crippen LogP contribution is 2.42. The van der Waals surface area contributed by atoms with Gasteiger partial charge in [-0.3, -0.25) is 4.68 Å². The molecular weight excluding hydrogens is 551 g/mol. The zero-order valence-corrected chi connectivity index (χ0v) is 24.5. The average Bonchev–Trinajstić information content (AvgIpc) is 3.53. The molecule has 3 N–H and O–H groups in total. The van der Waals surface area contributed by atoms with E-state index in [1.165, 1.54) is 4.68 Å². The van der Waals surface area contributed by atoms with Crippen molar-refractivity contribution in [3.05, 3.63) is 41.8 Å². The molecule has 12 heteroatoms. The van der Waals surface area contributed by atoms with E-state index >= 15 is 0 Å². The predicted molar refractivity (Wildman–Crippen MR) is 156 cm³/mol. The monoisotopic (exact) mass is 588 g/mol. The summed E-state index contributed by atoms with van der Waals surface area (Å²) < 4.78 is 42.3. The molecule has 2 aliphatic carbocycles. The summed E-state index contributed by atoms with van der Waals surface area (Å²) in [4.78, 5) is 18.2. The SMILES string of the molecule is CC(C)OC(=O)NC1CCC(c2ncc(-c3ccc(Nc4cnn(CCF)c4)cc3S(=N)(=O)C3CCC3)s2)CC1. The number of ether oxygens (including phenoxy) is 1. The lowest BCUT2D eigenvalue weighted by Gasteiger charge is -2.29. The maximum atomic E-state index is 13.9. The predicted octanol–water partition coefficient (Wildman–Crippen LogP) is 6.84. The zero-order chi connectivity index (χ0) is 28.3. The standard InChI is InChI=1S/C28H37FN6O3S2/c1-18(2)38-28(36)34-20-8-6-19(7-9-20)27-31-16-25(39-27)24-11-10-21(33-22-15-32-35(17-22)13-12-29)14-26(24)40(30,37)23-4-3-5-23/h10-11,14-20,23,30,33H,3-9,12-13H2,1-2H3,(H,34,36). The van der Waals surface area contributed by atoms with Crippen molar-refractivity contribution < 1.29 is 18.1 Å². The Kier molecular flexibility index (Phi) is 8.74. The Morgan fingerprint density at radius 2 is 1.98 bits per heavy atom. The molecule has 0 radical (unpaired) electrons. The summed E-state index contributed by atoms with van der Waals surface area (Å²) in [6, 6.07) is 5.76. The zero-order valence-electron chi connectivity index (χ0n) is 22.9. The minimum absolute atomic E-state index is 0.105. The van der Waals surface area contributed by atoms with Crippen LogP contribution in [-0.2, 0) is 21.0 Å². The van der Waals surface area contributed by atoms with E-state index in [4.69, 9.17) is 14.5 Å². The number of amides is 1. The first-order chi connectivity index (χ1) is 19.2. The van der Waals surface area contributed by atoms with Crippen LogP contribution in [0.4, 0.5) is 20.6 Å². The number of aromatic nitrogens is 3. The van der Waals surface area contributed by atoms with Crippen LogP contribution in [0.5, 0.6) is 0 Å². The van der Waals surface area contributed by atoms with Crippen molar-refractivity contribution in [1.29, 1.82) is 4.78 Å². The van der Waals surface area contributed by atoms with Crippen molar-refractivity contribution >= 4 is 38.5 Å². The second-order valence-corrected chi connectivity index (χ2v) is 14.3. The number of hydrogen-bond acceptors (Lipinski definition) is 8. The van der Waals surface area contributed by atoms with Crippen LogP contribution in [0, 0.1) is 4.78 Å². The lowest BCUT2D eigenvalue weighted by atomic mass is 9.86. The van der Waals surface area contributed by atoms with E-state index in [9.17, 15) is 13.4 Å². The fraction of sp³-hybridized carbons (Fsp3) is 0.536. The maximum Gasteiger partial charge on any atom is 0.407 e.